The zero-order valence-electron chi connectivity index (χ0n) is 12.3. The Morgan fingerprint density at radius 2 is 2.14 bits per heavy atom. The van der Waals surface area contributed by atoms with Gasteiger partial charge in [-0.25, -0.2) is 4.98 Å². The third kappa shape index (κ3) is 2.81. The maximum absolute atomic E-state index is 12.2. The van der Waals surface area contributed by atoms with Crippen molar-refractivity contribution in [2.75, 3.05) is 5.32 Å². The van der Waals surface area contributed by atoms with E-state index in [-0.39, 0.29) is 17.4 Å². The van der Waals surface area contributed by atoms with Gasteiger partial charge in [-0.05, 0) is 32.0 Å². The first-order chi connectivity index (χ1) is 10.4. The van der Waals surface area contributed by atoms with Gasteiger partial charge >= 0.3 is 0 Å². The van der Waals surface area contributed by atoms with Crippen LogP contribution in [0.1, 0.15) is 41.1 Å². The Morgan fingerprint density at radius 1 is 1.32 bits per heavy atom. The SMILES string of the molecule is CC1(C)CC(=O)c2cc(NC(=O)c3cnccn3)ccc2O1. The van der Waals surface area contributed by atoms with Gasteiger partial charge in [0.2, 0.25) is 0 Å². The van der Waals surface area contributed by atoms with Crippen molar-refractivity contribution in [3.8, 4) is 5.75 Å². The number of carbonyl (C=O) groups excluding carboxylic acids is 2. The first-order valence-electron chi connectivity index (χ1n) is 6.88. The summed E-state index contributed by atoms with van der Waals surface area (Å²) < 4.78 is 5.78. The van der Waals surface area contributed by atoms with Gasteiger partial charge in [0.05, 0.1) is 18.2 Å². The summed E-state index contributed by atoms with van der Waals surface area (Å²) in [6, 6.07) is 5.02. The second-order valence-electron chi connectivity index (χ2n) is 5.72. The Kier molecular flexibility index (Phi) is 3.36. The minimum Gasteiger partial charge on any atom is -0.487 e. The number of rotatable bonds is 2. The van der Waals surface area contributed by atoms with Crippen molar-refractivity contribution in [2.45, 2.75) is 25.9 Å². The molecule has 0 aliphatic carbocycles. The van der Waals surface area contributed by atoms with Crippen LogP contribution >= 0.6 is 0 Å². The molecular weight excluding hydrogens is 282 g/mol. The normalized spacial score (nSPS) is 15.6. The number of nitrogens with zero attached hydrogens (tertiary/aromatic N) is 2. The lowest BCUT2D eigenvalue weighted by Crippen LogP contribution is -2.35. The summed E-state index contributed by atoms with van der Waals surface area (Å²) >= 11 is 0. The number of anilines is 1. The number of benzene rings is 1. The van der Waals surface area contributed by atoms with Crippen molar-refractivity contribution in [3.05, 3.63) is 48.0 Å². The van der Waals surface area contributed by atoms with Crippen LogP contribution in [0.5, 0.6) is 5.75 Å². The summed E-state index contributed by atoms with van der Waals surface area (Å²) in [7, 11) is 0. The van der Waals surface area contributed by atoms with Crippen LogP contribution in [-0.4, -0.2) is 27.3 Å². The summed E-state index contributed by atoms with van der Waals surface area (Å²) in [5, 5.41) is 2.70. The Bertz CT molecular complexity index is 742. The molecule has 1 aliphatic rings. The third-order valence-corrected chi connectivity index (χ3v) is 3.31. The Balaban J connectivity index is 1.84. The zero-order chi connectivity index (χ0) is 15.7. The minimum absolute atomic E-state index is 0.00171. The number of ether oxygens (including phenoxy) is 1. The topological polar surface area (TPSA) is 81.2 Å². The van der Waals surface area contributed by atoms with Crippen LogP contribution in [0, 0.1) is 0 Å². The summed E-state index contributed by atoms with van der Waals surface area (Å²) in [5.41, 5.74) is 0.709. The Morgan fingerprint density at radius 3 is 2.86 bits per heavy atom. The predicted molar refractivity (Wildman–Crippen MR) is 80.1 cm³/mol. The van der Waals surface area contributed by atoms with Crippen LogP contribution in [0.3, 0.4) is 0 Å². The number of nitrogens with one attached hydrogen (secondary N) is 1. The predicted octanol–water partition coefficient (Wildman–Crippen LogP) is 2.47. The van der Waals surface area contributed by atoms with Gasteiger partial charge in [0.1, 0.15) is 17.0 Å². The van der Waals surface area contributed by atoms with Crippen molar-refractivity contribution in [2.24, 2.45) is 0 Å². The molecule has 2 heterocycles. The second-order valence-corrected chi connectivity index (χ2v) is 5.72. The fourth-order valence-corrected chi connectivity index (χ4v) is 2.34. The lowest BCUT2D eigenvalue weighted by molar-refractivity contribution is 0.0620. The third-order valence-electron chi connectivity index (χ3n) is 3.31. The van der Waals surface area contributed by atoms with E-state index in [1.54, 1.807) is 18.2 Å². The van der Waals surface area contributed by atoms with Gasteiger partial charge < -0.3 is 10.1 Å². The molecule has 0 radical (unpaired) electrons. The molecule has 6 heteroatoms. The maximum Gasteiger partial charge on any atom is 0.275 e. The summed E-state index contributed by atoms with van der Waals surface area (Å²) in [4.78, 5) is 32.0. The molecule has 6 nitrogen and oxygen atoms in total. The minimum atomic E-state index is -0.505. The van der Waals surface area contributed by atoms with Gasteiger partial charge in [0, 0.05) is 18.1 Å². The summed E-state index contributed by atoms with van der Waals surface area (Å²) in [5.74, 6) is 0.165. The van der Waals surface area contributed by atoms with E-state index in [4.69, 9.17) is 4.74 Å². The number of carbonyl (C=O) groups is 2. The van der Waals surface area contributed by atoms with E-state index >= 15 is 0 Å². The van der Waals surface area contributed by atoms with E-state index < -0.39 is 5.60 Å². The highest BCUT2D eigenvalue weighted by molar-refractivity contribution is 6.05. The number of hydrogen-bond donors (Lipinski definition) is 1. The molecule has 0 saturated carbocycles. The van der Waals surface area contributed by atoms with Crippen molar-refractivity contribution < 1.29 is 14.3 Å². The van der Waals surface area contributed by atoms with Crippen LogP contribution in [0.4, 0.5) is 5.69 Å². The molecule has 1 N–H and O–H groups in total. The van der Waals surface area contributed by atoms with E-state index in [2.05, 4.69) is 15.3 Å². The van der Waals surface area contributed by atoms with E-state index in [1.165, 1.54) is 18.6 Å². The lowest BCUT2D eigenvalue weighted by Gasteiger charge is -2.31. The molecule has 3 rings (SSSR count). The molecule has 0 unspecified atom stereocenters. The van der Waals surface area contributed by atoms with Crippen LogP contribution in [0.2, 0.25) is 0 Å². The van der Waals surface area contributed by atoms with E-state index in [1.807, 2.05) is 13.8 Å². The van der Waals surface area contributed by atoms with Crippen molar-refractivity contribution >= 4 is 17.4 Å². The van der Waals surface area contributed by atoms with Gasteiger partial charge in [-0.3, -0.25) is 14.6 Å². The van der Waals surface area contributed by atoms with E-state index in [9.17, 15) is 9.59 Å². The highest BCUT2D eigenvalue weighted by Crippen LogP contribution is 2.34. The molecule has 112 valence electrons. The highest BCUT2D eigenvalue weighted by atomic mass is 16.5. The van der Waals surface area contributed by atoms with Gasteiger partial charge in [0.25, 0.3) is 5.91 Å². The molecule has 0 atom stereocenters. The lowest BCUT2D eigenvalue weighted by atomic mass is 9.93. The smallest absolute Gasteiger partial charge is 0.275 e. The fourth-order valence-electron chi connectivity index (χ4n) is 2.34. The molecule has 1 aromatic heterocycles. The quantitative estimate of drug-likeness (QED) is 0.921. The van der Waals surface area contributed by atoms with Crippen LogP contribution in [-0.2, 0) is 0 Å². The number of amides is 1. The number of ketones is 1. The largest absolute Gasteiger partial charge is 0.487 e. The molecule has 0 spiro atoms. The molecule has 1 aromatic carbocycles. The van der Waals surface area contributed by atoms with Crippen LogP contribution < -0.4 is 10.1 Å². The molecule has 2 aromatic rings. The van der Waals surface area contributed by atoms with E-state index in [0.717, 1.165) is 0 Å². The fraction of sp³-hybridized carbons (Fsp3) is 0.250. The number of aromatic nitrogens is 2. The van der Waals surface area contributed by atoms with Crippen LogP contribution in [0.15, 0.2) is 36.8 Å². The number of hydrogen-bond acceptors (Lipinski definition) is 5. The van der Waals surface area contributed by atoms with Gasteiger partial charge in [-0.1, -0.05) is 0 Å². The van der Waals surface area contributed by atoms with Crippen molar-refractivity contribution in [1.29, 1.82) is 0 Å². The van der Waals surface area contributed by atoms with E-state index in [0.29, 0.717) is 23.4 Å². The molecule has 0 saturated heterocycles. The first-order valence-corrected chi connectivity index (χ1v) is 6.88. The van der Waals surface area contributed by atoms with Crippen LogP contribution in [0.25, 0.3) is 0 Å². The zero-order valence-corrected chi connectivity index (χ0v) is 12.3. The monoisotopic (exact) mass is 297 g/mol. The Hall–Kier alpha value is -2.76. The molecular formula is C16H15N3O3. The summed E-state index contributed by atoms with van der Waals surface area (Å²) in [6.45, 7) is 3.75. The van der Waals surface area contributed by atoms with Gasteiger partial charge in [-0.15, -0.1) is 0 Å². The molecule has 0 fully saturated rings. The standard InChI is InChI=1S/C16H15N3O3/c1-16(2)8-13(20)11-7-10(3-4-14(11)22-16)19-15(21)12-9-17-5-6-18-12/h3-7,9H,8H2,1-2H3,(H,19,21). The number of Topliss-reactive ketones (excluding diaryl/α,β-unsaturated/α-hetero) is 1. The van der Waals surface area contributed by atoms with Gasteiger partial charge in [0.15, 0.2) is 5.78 Å². The average molecular weight is 297 g/mol. The van der Waals surface area contributed by atoms with Crippen molar-refractivity contribution in [3.63, 3.8) is 0 Å². The molecule has 1 amide bonds. The second kappa shape index (κ2) is 5.22. The molecule has 0 bridgehead atoms. The maximum atomic E-state index is 12.2. The summed E-state index contributed by atoms with van der Waals surface area (Å²) in [6.07, 6.45) is 4.63. The Labute approximate surface area is 127 Å². The average Bonchev–Trinajstić information content (AvgIpc) is 2.48. The molecule has 1 aliphatic heterocycles. The van der Waals surface area contributed by atoms with Crippen molar-refractivity contribution in [1.82, 2.24) is 9.97 Å². The molecule has 22 heavy (non-hydrogen) atoms. The van der Waals surface area contributed by atoms with Gasteiger partial charge in [-0.2, -0.15) is 0 Å². The first kappa shape index (κ1) is 14.2. The highest BCUT2D eigenvalue weighted by Gasteiger charge is 2.32. The number of fused-ring (bicyclic) bond motifs is 1.